The van der Waals surface area contributed by atoms with Crippen LogP contribution in [0.5, 0.6) is 0 Å². The Bertz CT molecular complexity index is 806. The van der Waals surface area contributed by atoms with Crippen LogP contribution in [0.15, 0.2) is 45.8 Å². The summed E-state index contributed by atoms with van der Waals surface area (Å²) >= 11 is 0. The van der Waals surface area contributed by atoms with Crippen molar-refractivity contribution in [2.24, 2.45) is 0 Å². The zero-order chi connectivity index (χ0) is 16.8. The van der Waals surface area contributed by atoms with Crippen molar-refractivity contribution < 1.29 is 19.1 Å². The first-order valence-electron chi connectivity index (χ1n) is 7.25. The molecule has 2 rings (SSSR count). The minimum atomic E-state index is -1.08. The van der Waals surface area contributed by atoms with Gasteiger partial charge in [-0.3, -0.25) is 9.59 Å². The molecule has 23 heavy (non-hydrogen) atoms. The van der Waals surface area contributed by atoms with Gasteiger partial charge in [0.05, 0.1) is 10.9 Å². The molecule has 1 heterocycles. The van der Waals surface area contributed by atoms with Gasteiger partial charge in [0.25, 0.3) is 0 Å². The van der Waals surface area contributed by atoms with Gasteiger partial charge in [0, 0.05) is 6.08 Å². The minimum Gasteiger partial charge on any atom is -0.480 e. The summed E-state index contributed by atoms with van der Waals surface area (Å²) in [5.74, 6) is -1.66. The van der Waals surface area contributed by atoms with E-state index in [1.54, 1.807) is 24.3 Å². The highest BCUT2D eigenvalue weighted by molar-refractivity contribution is 5.94. The van der Waals surface area contributed by atoms with E-state index in [-0.39, 0.29) is 11.0 Å². The van der Waals surface area contributed by atoms with Crippen molar-refractivity contribution in [3.8, 4) is 0 Å². The van der Waals surface area contributed by atoms with Gasteiger partial charge < -0.3 is 14.8 Å². The van der Waals surface area contributed by atoms with E-state index in [4.69, 9.17) is 9.52 Å². The van der Waals surface area contributed by atoms with E-state index < -0.39 is 17.9 Å². The van der Waals surface area contributed by atoms with Crippen LogP contribution in [-0.2, 0) is 9.59 Å². The quantitative estimate of drug-likeness (QED) is 0.796. The number of carboxylic acid groups (broad SMARTS) is 1. The van der Waals surface area contributed by atoms with Crippen molar-refractivity contribution in [2.75, 3.05) is 0 Å². The molecule has 1 atom stereocenters. The Hall–Kier alpha value is -2.89. The van der Waals surface area contributed by atoms with Gasteiger partial charge in [-0.05, 0) is 24.6 Å². The van der Waals surface area contributed by atoms with E-state index >= 15 is 0 Å². The van der Waals surface area contributed by atoms with Gasteiger partial charge >= 0.3 is 5.97 Å². The van der Waals surface area contributed by atoms with Crippen LogP contribution in [0.1, 0.15) is 25.3 Å². The number of hydrogen-bond acceptors (Lipinski definition) is 4. The van der Waals surface area contributed by atoms with Crippen LogP contribution in [0.25, 0.3) is 17.0 Å². The van der Waals surface area contributed by atoms with Gasteiger partial charge in [-0.1, -0.05) is 25.5 Å². The number of carboxylic acids is 1. The molecule has 2 aromatic rings. The van der Waals surface area contributed by atoms with Crippen molar-refractivity contribution in [1.29, 1.82) is 0 Å². The first-order chi connectivity index (χ1) is 11.0. The second-order valence-corrected chi connectivity index (χ2v) is 5.04. The summed E-state index contributed by atoms with van der Waals surface area (Å²) in [6.45, 7) is 1.83. The maximum Gasteiger partial charge on any atom is 0.326 e. The van der Waals surface area contributed by atoms with Crippen molar-refractivity contribution >= 4 is 28.9 Å². The number of carbonyl (C=O) groups is 2. The Morgan fingerprint density at radius 3 is 2.78 bits per heavy atom. The Morgan fingerprint density at radius 2 is 2.09 bits per heavy atom. The zero-order valence-electron chi connectivity index (χ0n) is 12.6. The monoisotopic (exact) mass is 315 g/mol. The van der Waals surface area contributed by atoms with Gasteiger partial charge in [0.1, 0.15) is 17.9 Å². The molecule has 0 bridgehead atoms. The number of nitrogens with one attached hydrogen (secondary N) is 1. The van der Waals surface area contributed by atoms with E-state index in [2.05, 4.69) is 5.32 Å². The minimum absolute atomic E-state index is 0.223. The van der Waals surface area contributed by atoms with Gasteiger partial charge in [-0.15, -0.1) is 0 Å². The molecule has 0 aliphatic heterocycles. The predicted octanol–water partition coefficient (Wildman–Crippen LogP) is 2.18. The molecule has 1 amide bonds. The molecule has 0 fully saturated rings. The van der Waals surface area contributed by atoms with Gasteiger partial charge in [0.15, 0.2) is 5.43 Å². The summed E-state index contributed by atoms with van der Waals surface area (Å²) in [4.78, 5) is 35.0. The highest BCUT2D eigenvalue weighted by atomic mass is 16.4. The Labute approximate surface area is 132 Å². The largest absolute Gasteiger partial charge is 0.480 e. The average molecular weight is 315 g/mol. The van der Waals surface area contributed by atoms with Crippen molar-refractivity contribution in [3.63, 3.8) is 0 Å². The number of carbonyl (C=O) groups excluding carboxylic acids is 1. The third-order valence-electron chi connectivity index (χ3n) is 3.31. The van der Waals surface area contributed by atoms with E-state index in [1.807, 2.05) is 6.92 Å². The summed E-state index contributed by atoms with van der Waals surface area (Å²) in [5.41, 5.74) is 0.438. The average Bonchev–Trinajstić information content (AvgIpc) is 2.54. The number of aliphatic carboxylic acids is 1. The molecule has 0 aliphatic rings. The molecule has 0 radical (unpaired) electrons. The van der Waals surface area contributed by atoms with Crippen LogP contribution < -0.4 is 10.7 Å². The highest BCUT2D eigenvalue weighted by Gasteiger charge is 2.17. The smallest absolute Gasteiger partial charge is 0.326 e. The molecule has 6 heteroatoms. The molecule has 1 aromatic heterocycles. The van der Waals surface area contributed by atoms with Crippen LogP contribution in [-0.4, -0.2) is 23.0 Å². The third kappa shape index (κ3) is 4.06. The van der Waals surface area contributed by atoms with Crippen molar-refractivity contribution in [1.82, 2.24) is 5.32 Å². The Balaban J connectivity index is 2.16. The lowest BCUT2D eigenvalue weighted by atomic mass is 10.1. The second-order valence-electron chi connectivity index (χ2n) is 5.04. The molecule has 0 spiro atoms. The predicted molar refractivity (Wildman–Crippen MR) is 86.0 cm³/mol. The number of benzene rings is 1. The lowest BCUT2D eigenvalue weighted by Gasteiger charge is -2.11. The lowest BCUT2D eigenvalue weighted by molar-refractivity contribution is -0.141. The summed E-state index contributed by atoms with van der Waals surface area (Å²) in [6.07, 6.45) is 4.70. The number of para-hydroxylation sites is 1. The van der Waals surface area contributed by atoms with Crippen LogP contribution in [0, 0.1) is 0 Å². The first-order valence-corrected chi connectivity index (χ1v) is 7.25. The zero-order valence-corrected chi connectivity index (χ0v) is 12.6. The number of fused-ring (bicyclic) bond motifs is 1. The molecule has 2 N–H and O–H groups in total. The Kier molecular flexibility index (Phi) is 5.30. The maximum atomic E-state index is 12.2. The van der Waals surface area contributed by atoms with Crippen LogP contribution in [0.4, 0.5) is 0 Å². The summed E-state index contributed by atoms with van der Waals surface area (Å²) in [7, 11) is 0. The molecular weight excluding hydrogens is 298 g/mol. The standard InChI is InChI=1S/C17H17NO5/c1-2-5-13(17(21)22)18-15(19)9-8-11-10-23-14-7-4-3-6-12(14)16(11)20/h3-4,6-10,13H,2,5H2,1H3,(H,18,19)(H,21,22)/b9-8+. The number of amides is 1. The molecule has 0 saturated heterocycles. The summed E-state index contributed by atoms with van der Waals surface area (Å²) in [6, 6.07) is 5.86. The van der Waals surface area contributed by atoms with Gasteiger partial charge in [-0.25, -0.2) is 4.79 Å². The van der Waals surface area contributed by atoms with E-state index in [0.717, 1.165) is 6.08 Å². The molecule has 1 unspecified atom stereocenters. The van der Waals surface area contributed by atoms with Crippen LogP contribution in [0.3, 0.4) is 0 Å². The fourth-order valence-electron chi connectivity index (χ4n) is 2.14. The van der Waals surface area contributed by atoms with Crippen LogP contribution >= 0.6 is 0 Å². The first kappa shape index (κ1) is 16.5. The van der Waals surface area contributed by atoms with Crippen molar-refractivity contribution in [3.05, 3.63) is 52.4 Å². The Morgan fingerprint density at radius 1 is 1.35 bits per heavy atom. The highest BCUT2D eigenvalue weighted by Crippen LogP contribution is 2.11. The summed E-state index contributed by atoms with van der Waals surface area (Å²) in [5, 5.41) is 11.8. The molecular formula is C17H17NO5. The van der Waals surface area contributed by atoms with Crippen LogP contribution in [0.2, 0.25) is 0 Å². The molecule has 120 valence electrons. The second kappa shape index (κ2) is 7.40. The van der Waals surface area contributed by atoms with Gasteiger partial charge in [0.2, 0.25) is 5.91 Å². The number of hydrogen-bond donors (Lipinski definition) is 2. The maximum absolute atomic E-state index is 12.2. The topological polar surface area (TPSA) is 96.6 Å². The normalized spacial score (nSPS) is 12.4. The fraction of sp³-hybridized carbons (Fsp3) is 0.235. The van der Waals surface area contributed by atoms with E-state index in [1.165, 1.54) is 12.3 Å². The van der Waals surface area contributed by atoms with E-state index in [0.29, 0.717) is 23.8 Å². The third-order valence-corrected chi connectivity index (χ3v) is 3.31. The fourth-order valence-corrected chi connectivity index (χ4v) is 2.14. The van der Waals surface area contributed by atoms with Crippen molar-refractivity contribution in [2.45, 2.75) is 25.8 Å². The molecule has 6 nitrogen and oxygen atoms in total. The molecule has 0 saturated carbocycles. The molecule has 0 aliphatic carbocycles. The summed E-state index contributed by atoms with van der Waals surface area (Å²) < 4.78 is 5.34. The van der Waals surface area contributed by atoms with Gasteiger partial charge in [-0.2, -0.15) is 0 Å². The number of rotatable bonds is 6. The lowest BCUT2D eigenvalue weighted by Crippen LogP contribution is -2.39. The molecule has 1 aromatic carbocycles. The van der Waals surface area contributed by atoms with E-state index in [9.17, 15) is 14.4 Å². The SMILES string of the molecule is CCCC(NC(=O)/C=C/c1coc2ccccc2c1=O)C(=O)O.